The van der Waals surface area contributed by atoms with Gasteiger partial charge in [0.1, 0.15) is 208 Å². The number of ether oxygens (including phenoxy) is 10. The van der Waals surface area contributed by atoms with Crippen molar-refractivity contribution < 1.29 is 236 Å². The van der Waals surface area contributed by atoms with Crippen LogP contribution in [0.25, 0.3) is 0 Å². The standard InChI is InChI=1S/C12H22O11.C12H22O10.C7H14O4.2C6H12O6.C6H12O5.C5H10O5.C2H6/c13-1-3-5(15)6(16)9(19)12(22-3)23-10-4(2-14)21-11(20)8(18)7(10)17;1-4-6(15)10(19)12(3-14,21-4)22-11-9(18)8(17)7(16)5(2-13)20-11;1-2-4(8)7-6(10)5(9)3-11-7;7-1-2-3(8)4(9)5(10)6(11)12-2;7-1-2(8)4(10)6(12)5(11)3(1)9;1-6(10)5(9)4(8)3(7)2-11-6;6-1-2-3(7)4(8)5(9)10-2;1-2/h3-20H,1-2H2;4-11,13-19H,2-3H2,1H3;4-10H,2-3H2,1H3;2-11H,1H2;1-12H;3-5,7-10H,2H2,1H3;2-9H,1H2;1-2H3/t3?,4?,5-,6+,7-,8?,9?,10+,11+,12-;4-,5?,6+,7-,8-,9?,10?,11-,12+;;2?,3-,4-,5?,6+;;3-,4+,5?,6-;2-,3?,4+,5-;/m11.1.11./s1. The Morgan fingerprint density at radius 1 is 0.379 bits per heavy atom. The normalized spacial score (nSPS) is 49.7. The second kappa shape index (κ2) is 44.2. The topological polar surface area (TPSA) is 841 Å². The van der Waals surface area contributed by atoms with Crippen LogP contribution in [0, 0.1) is 0 Å². The second-order valence-corrected chi connectivity index (χ2v) is 24.7. The summed E-state index contributed by atoms with van der Waals surface area (Å²) in [4.78, 5) is 0. The van der Waals surface area contributed by atoms with E-state index in [1.807, 2.05) is 13.8 Å². The van der Waals surface area contributed by atoms with E-state index in [-0.39, 0.29) is 13.2 Å². The average molecular weight is 1540 g/mol. The van der Waals surface area contributed by atoms with Crippen LogP contribution in [0.5, 0.6) is 0 Å². The number of rotatable bonds is 12. The SMILES string of the molecule is CC.CCC(O)C1OCC(O)C1O.C[C@@]1(O)OC[C@@H](O)[C@H](O)C1O.C[C@H]1O[C@@](CO)(O[C@H]2OC(CO)[C@@H](O)[C@@H](O)C2O)C(O)[C@H]1O.OC1C(O)C(O)C(O)C(O)C1O.OCC1O[C@H](O)C(O)[C@H](O)[C@@H]1O.OCC1O[C@H](O[C@H]2C(CO)O[C@H](O)C(O)[C@H]2O)C(O)[C@@H](O)[C@@H]1O.OC[C@H]1O[C@@H](O)[C@@H](O)C1O. The first-order valence-corrected chi connectivity index (χ1v) is 32.2. The van der Waals surface area contributed by atoms with Gasteiger partial charge in [-0.25, -0.2) is 0 Å². The molecule has 8 aliphatic heterocycles. The van der Waals surface area contributed by atoms with Gasteiger partial charge in [-0.15, -0.1) is 0 Å². The van der Waals surface area contributed by atoms with Crippen LogP contribution in [0.2, 0.25) is 0 Å². The van der Waals surface area contributed by atoms with Crippen molar-refractivity contribution in [1.29, 1.82) is 0 Å². The van der Waals surface area contributed by atoms with E-state index in [1.54, 1.807) is 6.92 Å². The van der Waals surface area contributed by atoms with Gasteiger partial charge < -0.3 is 236 Å². The molecule has 0 radical (unpaired) electrons. The molecule has 0 aromatic carbocycles. The zero-order valence-electron chi connectivity index (χ0n) is 56.1. The van der Waals surface area contributed by atoms with E-state index in [9.17, 15) is 81.7 Å². The highest BCUT2D eigenvalue weighted by molar-refractivity contribution is 5.00. The summed E-state index contributed by atoms with van der Waals surface area (Å²) < 4.78 is 49.6. The average Bonchev–Trinajstić information content (AvgIpc) is 1.62. The number of aliphatic hydroxyl groups excluding tert-OH is 36. The van der Waals surface area contributed by atoms with Gasteiger partial charge in [0.2, 0.25) is 5.79 Å². The maximum Gasteiger partial charge on any atom is 0.223 e. The molecule has 47 heteroatoms. The Morgan fingerprint density at radius 3 is 1.05 bits per heavy atom. The quantitative estimate of drug-likeness (QED) is 0.0863. The lowest BCUT2D eigenvalue weighted by Gasteiger charge is -2.45. The highest BCUT2D eigenvalue weighted by Gasteiger charge is 2.58. The number of hydrogen-bond acceptors (Lipinski definition) is 47. The molecule has 0 aromatic rings. The summed E-state index contributed by atoms with van der Waals surface area (Å²) in [5.74, 6) is -3.83. The van der Waals surface area contributed by atoms with E-state index in [2.05, 4.69) is 14.2 Å². The Morgan fingerprint density at radius 2 is 0.709 bits per heavy atom. The van der Waals surface area contributed by atoms with Gasteiger partial charge in [0, 0.05) is 0 Å². The molecule has 8 saturated heterocycles. The summed E-state index contributed by atoms with van der Waals surface area (Å²) in [7, 11) is 0. The van der Waals surface area contributed by atoms with Crippen molar-refractivity contribution in [1.82, 2.24) is 0 Å². The Kier molecular flexibility index (Phi) is 41.7. The molecular formula is C56H110O47. The van der Waals surface area contributed by atoms with E-state index in [0.29, 0.717) is 6.42 Å². The van der Waals surface area contributed by atoms with Crippen molar-refractivity contribution in [2.45, 2.75) is 298 Å². The smallest absolute Gasteiger partial charge is 0.223 e. The van der Waals surface area contributed by atoms with Crippen molar-refractivity contribution in [3.63, 3.8) is 0 Å². The maximum atomic E-state index is 9.98. The zero-order chi connectivity index (χ0) is 79.5. The van der Waals surface area contributed by atoms with Crippen LogP contribution in [0.15, 0.2) is 0 Å². The van der Waals surface area contributed by atoms with E-state index in [1.165, 1.54) is 13.8 Å². The fourth-order valence-electron chi connectivity index (χ4n) is 10.5. The molecule has 103 heavy (non-hydrogen) atoms. The Bertz CT molecular complexity index is 2200. The third-order valence-electron chi connectivity index (χ3n) is 17.3. The van der Waals surface area contributed by atoms with Gasteiger partial charge in [-0.3, -0.25) is 0 Å². The van der Waals surface area contributed by atoms with Crippen LogP contribution in [-0.4, -0.2) is 498 Å². The molecule has 1 saturated carbocycles. The van der Waals surface area contributed by atoms with Crippen LogP contribution in [-0.2, 0) is 47.4 Å². The lowest BCUT2D eigenvalue weighted by Crippen LogP contribution is -2.64. The third-order valence-corrected chi connectivity index (χ3v) is 17.3. The molecule has 1 aliphatic carbocycles. The van der Waals surface area contributed by atoms with Crippen molar-refractivity contribution in [3.8, 4) is 0 Å². The zero-order valence-corrected chi connectivity index (χ0v) is 56.1. The van der Waals surface area contributed by atoms with Gasteiger partial charge in [0.25, 0.3) is 0 Å². The third kappa shape index (κ3) is 24.6. The lowest BCUT2D eigenvalue weighted by molar-refractivity contribution is -0.382. The molecule has 8 heterocycles. The van der Waals surface area contributed by atoms with Gasteiger partial charge in [-0.2, -0.15) is 0 Å². The molecule has 0 amide bonds. The Labute approximate surface area is 585 Å². The lowest BCUT2D eigenvalue weighted by atomic mass is 9.85. The summed E-state index contributed by atoms with van der Waals surface area (Å²) >= 11 is 0. The highest BCUT2D eigenvalue weighted by atomic mass is 16.8. The van der Waals surface area contributed by atoms with Gasteiger partial charge in [-0.05, 0) is 20.3 Å². The van der Waals surface area contributed by atoms with E-state index in [4.69, 9.17) is 140 Å². The van der Waals surface area contributed by atoms with Crippen molar-refractivity contribution in [2.24, 2.45) is 0 Å². The highest BCUT2D eigenvalue weighted by Crippen LogP contribution is 2.37. The van der Waals surface area contributed by atoms with Gasteiger partial charge in [-0.1, -0.05) is 20.8 Å². The molecule has 9 aliphatic rings. The van der Waals surface area contributed by atoms with E-state index in [0.717, 1.165) is 0 Å². The first-order valence-electron chi connectivity index (χ1n) is 32.2. The predicted octanol–water partition coefficient (Wildman–Crippen LogP) is -21.7. The molecule has 9 fully saturated rings. The van der Waals surface area contributed by atoms with Crippen molar-refractivity contribution in [2.75, 3.05) is 52.9 Å². The van der Waals surface area contributed by atoms with Crippen LogP contribution in [0.3, 0.4) is 0 Å². The van der Waals surface area contributed by atoms with E-state index >= 15 is 0 Å². The predicted molar refractivity (Wildman–Crippen MR) is 322 cm³/mol. The van der Waals surface area contributed by atoms with Crippen molar-refractivity contribution in [3.05, 3.63) is 0 Å². The summed E-state index contributed by atoms with van der Waals surface area (Å²) in [5.41, 5.74) is 0. The minimum Gasteiger partial charge on any atom is -0.394 e. The van der Waals surface area contributed by atoms with Crippen LogP contribution < -0.4 is 0 Å². The fourth-order valence-corrected chi connectivity index (χ4v) is 10.5. The first-order chi connectivity index (χ1) is 47.9. The summed E-state index contributed by atoms with van der Waals surface area (Å²) in [6.07, 6.45) is -55.3. The minimum atomic E-state index is -2.06. The number of aliphatic hydroxyl groups is 37. The largest absolute Gasteiger partial charge is 0.394 e. The molecule has 47 nitrogen and oxygen atoms in total. The van der Waals surface area contributed by atoms with Gasteiger partial charge >= 0.3 is 0 Å². The van der Waals surface area contributed by atoms with Gasteiger partial charge in [0.05, 0.1) is 58.5 Å². The minimum absolute atomic E-state index is 0.114. The molecule has 9 rings (SSSR count). The summed E-state index contributed by atoms with van der Waals surface area (Å²) in [5, 5.41) is 341. The summed E-state index contributed by atoms with van der Waals surface area (Å²) in [6.45, 7) is 4.62. The van der Waals surface area contributed by atoms with Gasteiger partial charge in [0.15, 0.2) is 37.2 Å². The fraction of sp³-hybridized carbons (Fsp3) is 1.00. The molecule has 37 N–H and O–H groups in total. The molecular weight excluding hydrogens is 1420 g/mol. The first kappa shape index (κ1) is 97.2. The molecule has 0 aromatic heterocycles. The molecule has 0 spiro atoms. The van der Waals surface area contributed by atoms with E-state index < -0.39 is 296 Å². The Balaban J connectivity index is 0.000000417. The van der Waals surface area contributed by atoms with Crippen LogP contribution >= 0.6 is 0 Å². The number of hydrogen-bond donors (Lipinski definition) is 37. The van der Waals surface area contributed by atoms with Crippen LogP contribution in [0.1, 0.15) is 41.0 Å². The summed E-state index contributed by atoms with van der Waals surface area (Å²) in [6, 6.07) is 0. The monoisotopic (exact) mass is 1530 g/mol. The molecule has 15 unspecified atom stereocenters. The van der Waals surface area contributed by atoms with Crippen LogP contribution in [0.4, 0.5) is 0 Å². The maximum absolute atomic E-state index is 9.98. The Hall–Kier alpha value is -1.88. The molecule has 0 bridgehead atoms. The molecule has 616 valence electrons. The van der Waals surface area contributed by atoms with Crippen molar-refractivity contribution >= 4 is 0 Å². The second-order valence-electron chi connectivity index (χ2n) is 24.7. The molecule has 36 atom stereocenters.